The van der Waals surface area contributed by atoms with Crippen LogP contribution in [0, 0.1) is 0 Å². The van der Waals surface area contributed by atoms with Crippen LogP contribution in [0.25, 0.3) is 0 Å². The predicted octanol–water partition coefficient (Wildman–Crippen LogP) is -2.89. The fourth-order valence-electron chi connectivity index (χ4n) is 1.18. The maximum atomic E-state index is 10.6. The van der Waals surface area contributed by atoms with Gasteiger partial charge in [0.2, 0.25) is 0 Å². The summed E-state index contributed by atoms with van der Waals surface area (Å²) in [7, 11) is 0. The van der Waals surface area contributed by atoms with E-state index in [2.05, 4.69) is 0 Å². The molecule has 82 valence electrons. The molecule has 6 N–H and O–H groups in total. The van der Waals surface area contributed by atoms with Crippen molar-refractivity contribution in [3.63, 3.8) is 0 Å². The Kier molecular flexibility index (Phi) is 3.61. The van der Waals surface area contributed by atoms with Gasteiger partial charge in [0.05, 0.1) is 6.61 Å². The van der Waals surface area contributed by atoms with Crippen LogP contribution < -0.4 is 10.8 Å². The minimum Gasteiger partial charge on any atom is -0.394 e. The molecule has 0 bridgehead atoms. The Labute approximate surface area is 79.1 Å². The molecule has 1 rings (SSSR count). The number of carbonyl (C=O) groups excluding carboxylic acids is 1. The number of hydroxylamine groups is 1. The molecule has 4 unspecified atom stereocenters. The summed E-state index contributed by atoms with van der Waals surface area (Å²) in [5, 5.41) is 37.4. The summed E-state index contributed by atoms with van der Waals surface area (Å²) in [5.41, 5.74) is 1.27. The molecule has 8 heteroatoms. The summed E-state index contributed by atoms with van der Waals surface area (Å²) < 4.78 is 4.87. The number of aliphatic hydroxyl groups excluding tert-OH is 3. The van der Waals surface area contributed by atoms with E-state index in [0.717, 1.165) is 0 Å². The molecule has 0 aromatic rings. The Morgan fingerprint density at radius 3 is 2.43 bits per heavy atom. The van der Waals surface area contributed by atoms with Crippen LogP contribution in [0.4, 0.5) is 4.79 Å². The third-order valence-corrected chi connectivity index (χ3v) is 1.92. The fourth-order valence-corrected chi connectivity index (χ4v) is 1.18. The number of urea groups is 1. The number of rotatable bonds is 2. The van der Waals surface area contributed by atoms with Gasteiger partial charge in [-0.1, -0.05) is 0 Å². The third kappa shape index (κ3) is 2.11. The molecule has 1 aliphatic heterocycles. The fraction of sp³-hybridized carbons (Fsp3) is 0.833. The van der Waals surface area contributed by atoms with Crippen LogP contribution in [-0.4, -0.2) is 57.7 Å². The van der Waals surface area contributed by atoms with Crippen molar-refractivity contribution in [3.05, 3.63) is 0 Å². The molecule has 14 heavy (non-hydrogen) atoms. The normalized spacial score (nSPS) is 36.9. The lowest BCUT2D eigenvalue weighted by atomic mass is 10.1. The number of nitrogens with one attached hydrogen (secondary N) is 2. The van der Waals surface area contributed by atoms with E-state index < -0.39 is 37.2 Å². The highest BCUT2D eigenvalue weighted by molar-refractivity contribution is 5.72. The lowest BCUT2D eigenvalue weighted by Gasteiger charge is -2.15. The molecular weight excluding hydrogens is 196 g/mol. The van der Waals surface area contributed by atoms with Crippen molar-refractivity contribution >= 4 is 6.03 Å². The lowest BCUT2D eigenvalue weighted by Crippen LogP contribution is -2.47. The van der Waals surface area contributed by atoms with Crippen molar-refractivity contribution in [3.8, 4) is 0 Å². The van der Waals surface area contributed by atoms with Gasteiger partial charge in [0, 0.05) is 0 Å². The van der Waals surface area contributed by atoms with Crippen molar-refractivity contribution in [1.29, 1.82) is 0 Å². The van der Waals surface area contributed by atoms with Crippen molar-refractivity contribution in [2.75, 3.05) is 6.61 Å². The van der Waals surface area contributed by atoms with Crippen LogP contribution >= 0.6 is 0 Å². The van der Waals surface area contributed by atoms with E-state index in [0.29, 0.717) is 0 Å². The van der Waals surface area contributed by atoms with Gasteiger partial charge in [-0.05, 0) is 0 Å². The summed E-state index contributed by atoms with van der Waals surface area (Å²) in [5.74, 6) is 0. The van der Waals surface area contributed by atoms with Crippen LogP contribution in [0.15, 0.2) is 0 Å². The number of ether oxygens (including phenoxy) is 1. The monoisotopic (exact) mass is 208 g/mol. The largest absolute Gasteiger partial charge is 0.394 e. The second-order valence-electron chi connectivity index (χ2n) is 2.84. The molecule has 1 aliphatic rings. The second kappa shape index (κ2) is 4.53. The summed E-state index contributed by atoms with van der Waals surface area (Å²) in [6.07, 6.45) is -4.73. The van der Waals surface area contributed by atoms with Crippen molar-refractivity contribution < 1.29 is 30.1 Å². The maximum absolute atomic E-state index is 10.6. The zero-order valence-corrected chi connectivity index (χ0v) is 7.12. The van der Waals surface area contributed by atoms with E-state index in [1.807, 2.05) is 5.32 Å². The predicted molar refractivity (Wildman–Crippen MR) is 41.2 cm³/mol. The molecular formula is C6H12N2O6. The molecule has 4 atom stereocenters. The third-order valence-electron chi connectivity index (χ3n) is 1.92. The zero-order valence-electron chi connectivity index (χ0n) is 7.12. The second-order valence-corrected chi connectivity index (χ2v) is 2.84. The quantitative estimate of drug-likeness (QED) is 0.213. The van der Waals surface area contributed by atoms with Gasteiger partial charge in [0.1, 0.15) is 18.3 Å². The number of amides is 2. The SMILES string of the molecule is O=C(NO)NC1OC(CO)C(O)C1O. The summed E-state index contributed by atoms with van der Waals surface area (Å²) >= 11 is 0. The van der Waals surface area contributed by atoms with E-state index in [1.165, 1.54) is 5.48 Å². The van der Waals surface area contributed by atoms with Gasteiger partial charge in [0.25, 0.3) is 0 Å². The average Bonchev–Trinajstić information content (AvgIpc) is 2.45. The lowest BCUT2D eigenvalue weighted by molar-refractivity contribution is -0.0298. The van der Waals surface area contributed by atoms with E-state index in [-0.39, 0.29) is 0 Å². The van der Waals surface area contributed by atoms with Crippen LogP contribution in [0.3, 0.4) is 0 Å². The van der Waals surface area contributed by atoms with Crippen molar-refractivity contribution in [1.82, 2.24) is 10.8 Å². The van der Waals surface area contributed by atoms with Crippen molar-refractivity contribution in [2.45, 2.75) is 24.5 Å². The minimum absolute atomic E-state index is 0.475. The number of hydrogen-bond donors (Lipinski definition) is 6. The first-order valence-electron chi connectivity index (χ1n) is 3.93. The first-order chi connectivity index (χ1) is 6.60. The molecule has 1 heterocycles. The number of hydrogen-bond acceptors (Lipinski definition) is 6. The Balaban J connectivity index is 2.52. The molecule has 1 fully saturated rings. The highest BCUT2D eigenvalue weighted by Crippen LogP contribution is 2.18. The van der Waals surface area contributed by atoms with Crippen molar-refractivity contribution in [2.24, 2.45) is 0 Å². The minimum atomic E-state index is -1.34. The Morgan fingerprint density at radius 2 is 2.00 bits per heavy atom. The average molecular weight is 208 g/mol. The Hall–Kier alpha value is -0.930. The molecule has 0 saturated carbocycles. The first-order valence-corrected chi connectivity index (χ1v) is 3.93. The van der Waals surface area contributed by atoms with Gasteiger partial charge in [-0.15, -0.1) is 0 Å². The van der Waals surface area contributed by atoms with E-state index in [4.69, 9.17) is 15.1 Å². The van der Waals surface area contributed by atoms with E-state index in [9.17, 15) is 15.0 Å². The molecule has 2 amide bonds. The van der Waals surface area contributed by atoms with Gasteiger partial charge in [-0.3, -0.25) is 5.21 Å². The van der Waals surface area contributed by atoms with Crippen LogP contribution in [0.5, 0.6) is 0 Å². The highest BCUT2D eigenvalue weighted by Gasteiger charge is 2.42. The molecule has 0 aromatic carbocycles. The number of carbonyl (C=O) groups is 1. The Bertz CT molecular complexity index is 212. The van der Waals surface area contributed by atoms with Gasteiger partial charge < -0.3 is 25.4 Å². The summed E-state index contributed by atoms with van der Waals surface area (Å²) in [4.78, 5) is 10.6. The molecule has 0 spiro atoms. The van der Waals surface area contributed by atoms with Crippen LogP contribution in [0.1, 0.15) is 0 Å². The Morgan fingerprint density at radius 1 is 1.36 bits per heavy atom. The molecule has 1 saturated heterocycles. The molecule has 0 radical (unpaired) electrons. The first kappa shape index (κ1) is 11.1. The van der Waals surface area contributed by atoms with Gasteiger partial charge >= 0.3 is 6.03 Å². The van der Waals surface area contributed by atoms with Crippen LogP contribution in [-0.2, 0) is 4.74 Å². The summed E-state index contributed by atoms with van der Waals surface area (Å²) in [6, 6.07) is -0.972. The van der Waals surface area contributed by atoms with Gasteiger partial charge in [-0.25, -0.2) is 10.3 Å². The molecule has 8 nitrogen and oxygen atoms in total. The smallest absolute Gasteiger partial charge is 0.340 e. The van der Waals surface area contributed by atoms with Gasteiger partial charge in [0.15, 0.2) is 6.23 Å². The highest BCUT2D eigenvalue weighted by atomic mass is 16.6. The van der Waals surface area contributed by atoms with E-state index in [1.54, 1.807) is 0 Å². The molecule has 0 aromatic heterocycles. The topological polar surface area (TPSA) is 131 Å². The maximum Gasteiger partial charge on any atom is 0.340 e. The van der Waals surface area contributed by atoms with Gasteiger partial charge in [-0.2, -0.15) is 0 Å². The van der Waals surface area contributed by atoms with Crippen LogP contribution in [0.2, 0.25) is 0 Å². The standard InChI is InChI=1S/C6H12N2O6/c9-1-2-3(10)4(11)5(14-2)7-6(12)8-13/h2-5,9-11,13H,1H2,(H2,7,8,12). The zero-order chi connectivity index (χ0) is 10.7. The number of aliphatic hydroxyl groups is 3. The molecule has 0 aliphatic carbocycles. The summed E-state index contributed by atoms with van der Waals surface area (Å²) in [6.45, 7) is -0.475. The van der Waals surface area contributed by atoms with E-state index >= 15 is 0 Å².